The van der Waals surface area contributed by atoms with Crippen molar-refractivity contribution in [2.24, 2.45) is 5.73 Å². The third-order valence-electron chi connectivity index (χ3n) is 7.89. The molecule has 0 unspecified atom stereocenters. The minimum Gasteiger partial charge on any atom is -0.503 e. The Kier molecular flexibility index (Phi) is 11.9. The number of rotatable bonds is 17. The van der Waals surface area contributed by atoms with E-state index >= 15 is 0 Å². The zero-order chi connectivity index (χ0) is 38.1. The summed E-state index contributed by atoms with van der Waals surface area (Å²) in [5.74, 6) is -1.32. The Morgan fingerprint density at radius 1 is 0.698 bits per heavy atom. The Labute approximate surface area is 308 Å². The molecule has 5 rings (SSSR count). The number of anilines is 8. The minimum absolute atomic E-state index is 0.0972. The molecule has 5 aromatic rings. The van der Waals surface area contributed by atoms with Gasteiger partial charge in [-0.2, -0.15) is 0 Å². The molecule has 0 saturated heterocycles. The summed E-state index contributed by atoms with van der Waals surface area (Å²) in [4.78, 5) is 23.3. The second-order valence-electron chi connectivity index (χ2n) is 12.6. The maximum absolute atomic E-state index is 11.9. The predicted octanol–water partition coefficient (Wildman–Crippen LogP) is 7.28. The van der Waals surface area contributed by atoms with Crippen LogP contribution in [0.2, 0.25) is 0 Å². The summed E-state index contributed by atoms with van der Waals surface area (Å²) in [5.41, 5.74) is 11.1. The molecule has 9 N–H and O–H groups in total. The molecular formula is C39H42N6O7S. The van der Waals surface area contributed by atoms with Crippen molar-refractivity contribution in [3.05, 3.63) is 115 Å². The lowest BCUT2D eigenvalue weighted by molar-refractivity contribution is -0.118. The van der Waals surface area contributed by atoms with Gasteiger partial charge in [0.15, 0.2) is 21.3 Å². The second-order valence-corrected chi connectivity index (χ2v) is 14.6. The monoisotopic (exact) mass is 738 g/mol. The highest BCUT2D eigenvalue weighted by atomic mass is 32.2. The van der Waals surface area contributed by atoms with E-state index < -0.39 is 21.7 Å². The predicted molar refractivity (Wildman–Crippen MR) is 209 cm³/mol. The number of amides is 1. The van der Waals surface area contributed by atoms with E-state index in [1.165, 1.54) is 18.4 Å². The van der Waals surface area contributed by atoms with Crippen LogP contribution in [0.3, 0.4) is 0 Å². The van der Waals surface area contributed by atoms with Gasteiger partial charge in [-0.15, -0.1) is 0 Å². The van der Waals surface area contributed by atoms with Crippen molar-refractivity contribution in [2.75, 3.05) is 39.4 Å². The summed E-state index contributed by atoms with van der Waals surface area (Å²) in [6.07, 6.45) is 1.03. The third kappa shape index (κ3) is 10.8. The van der Waals surface area contributed by atoms with Crippen LogP contribution in [0.15, 0.2) is 114 Å². The number of nitrogens with two attached hydrogens (primary N) is 1. The number of carbonyl (C=O) groups excluding carboxylic acids is 1. The Hall–Kier alpha value is -6.41. The van der Waals surface area contributed by atoms with E-state index in [9.17, 15) is 23.1 Å². The molecule has 0 spiro atoms. The lowest BCUT2D eigenvalue weighted by Gasteiger charge is -2.21. The molecule has 14 heteroatoms. The molecule has 0 heterocycles. The second kappa shape index (κ2) is 16.7. The summed E-state index contributed by atoms with van der Waals surface area (Å²) in [6.45, 7) is 4.11. The zero-order valence-corrected chi connectivity index (χ0v) is 30.2. The summed E-state index contributed by atoms with van der Waals surface area (Å²) in [5, 5.41) is 36.7. The first-order chi connectivity index (χ1) is 25.2. The fourth-order valence-electron chi connectivity index (χ4n) is 5.30. The number of carbonyl (C=O) groups is 2. The number of phenolic OH excluding ortho intramolecular Hbond substituents is 1. The first-order valence-electron chi connectivity index (χ1n) is 16.7. The van der Waals surface area contributed by atoms with Crippen LogP contribution in [-0.2, 0) is 14.6 Å². The van der Waals surface area contributed by atoms with Gasteiger partial charge in [0.1, 0.15) is 0 Å². The molecule has 0 fully saturated rings. The van der Waals surface area contributed by atoms with Crippen molar-refractivity contribution in [2.45, 2.75) is 37.3 Å². The average molecular weight is 739 g/mol. The van der Waals surface area contributed by atoms with Crippen molar-refractivity contribution in [1.29, 1.82) is 0 Å². The number of aromatic carboxylic acids is 1. The summed E-state index contributed by atoms with van der Waals surface area (Å²) >= 11 is 0. The number of carboxylic acids is 1. The molecular weight excluding hydrogens is 697 g/mol. The van der Waals surface area contributed by atoms with Gasteiger partial charge in [0.25, 0.3) is 0 Å². The van der Waals surface area contributed by atoms with E-state index in [2.05, 4.69) is 26.6 Å². The Balaban J connectivity index is 1.20. The SMILES string of the molecule is CC(C)Oc1c(Nc2ccc(NC[C@H](CC(N)=O)Nc3ccc(Nc4ccc(S(C)(=O)=O)cc4)cc3)cc2)ccc(Nc2ccc(C(=O)O)cc2)c1O. The van der Waals surface area contributed by atoms with Gasteiger partial charge in [0, 0.05) is 53.3 Å². The molecule has 0 aliphatic carbocycles. The topological polar surface area (TPSA) is 204 Å². The maximum atomic E-state index is 11.9. The fourth-order valence-corrected chi connectivity index (χ4v) is 5.93. The molecule has 0 bridgehead atoms. The van der Waals surface area contributed by atoms with Gasteiger partial charge in [-0.3, -0.25) is 4.79 Å². The number of benzene rings is 5. The number of hydrogen-bond donors (Lipinski definition) is 8. The van der Waals surface area contributed by atoms with Crippen molar-refractivity contribution in [1.82, 2.24) is 0 Å². The molecule has 1 atom stereocenters. The lowest BCUT2D eigenvalue weighted by atomic mass is 10.1. The van der Waals surface area contributed by atoms with E-state index in [1.54, 1.807) is 48.5 Å². The highest BCUT2D eigenvalue weighted by molar-refractivity contribution is 7.90. The van der Waals surface area contributed by atoms with Crippen LogP contribution in [-0.4, -0.2) is 55.5 Å². The van der Waals surface area contributed by atoms with Crippen LogP contribution in [0.25, 0.3) is 0 Å². The zero-order valence-electron chi connectivity index (χ0n) is 29.4. The summed E-state index contributed by atoms with van der Waals surface area (Å²) in [6, 6.07) is 30.8. The first-order valence-corrected chi connectivity index (χ1v) is 18.6. The van der Waals surface area contributed by atoms with Gasteiger partial charge in [0.2, 0.25) is 5.91 Å². The number of carboxylic acid groups (broad SMARTS) is 1. The molecule has 13 nitrogen and oxygen atoms in total. The molecule has 0 aliphatic rings. The van der Waals surface area contributed by atoms with Crippen LogP contribution < -0.4 is 37.1 Å². The van der Waals surface area contributed by atoms with Gasteiger partial charge >= 0.3 is 5.97 Å². The molecule has 5 aromatic carbocycles. The molecule has 1 amide bonds. The van der Waals surface area contributed by atoms with Gasteiger partial charge in [-0.05, 0) is 123 Å². The number of hydrogen-bond acceptors (Lipinski definition) is 11. The first kappa shape index (κ1) is 37.8. The largest absolute Gasteiger partial charge is 0.503 e. The Bertz CT molecular complexity index is 2140. The maximum Gasteiger partial charge on any atom is 0.335 e. The summed E-state index contributed by atoms with van der Waals surface area (Å²) in [7, 11) is -3.27. The molecule has 276 valence electrons. The highest BCUT2D eigenvalue weighted by Crippen LogP contribution is 2.43. The van der Waals surface area contributed by atoms with Gasteiger partial charge in [0.05, 0.1) is 34.0 Å². The third-order valence-corrected chi connectivity index (χ3v) is 9.02. The van der Waals surface area contributed by atoms with Crippen LogP contribution >= 0.6 is 0 Å². The molecule has 53 heavy (non-hydrogen) atoms. The van der Waals surface area contributed by atoms with Gasteiger partial charge in [-0.25, -0.2) is 13.2 Å². The molecule has 0 radical (unpaired) electrons. The van der Waals surface area contributed by atoms with Crippen molar-refractivity contribution in [3.8, 4) is 11.5 Å². The number of sulfone groups is 1. The average Bonchev–Trinajstić information content (AvgIpc) is 3.11. The van der Waals surface area contributed by atoms with E-state index in [0.717, 1.165) is 28.4 Å². The quantitative estimate of drug-likeness (QED) is 0.0444. The van der Waals surface area contributed by atoms with E-state index in [-0.39, 0.29) is 40.5 Å². The van der Waals surface area contributed by atoms with E-state index in [0.29, 0.717) is 23.6 Å². The number of phenols is 1. The fraction of sp³-hybridized carbons (Fsp3) is 0.179. The highest BCUT2D eigenvalue weighted by Gasteiger charge is 2.17. The molecule has 0 saturated carbocycles. The standard InChI is InChI=1S/C39H42N6O7S/c1-24(2)52-38-35(21-20-34(37(38)47)44-30-6-4-25(5-7-30)39(48)49)45-31-10-8-26(9-11-31)41-23-32(22-36(40)46)43-28-14-12-27(13-15-28)42-29-16-18-33(19-17-29)53(3,50)51/h4-21,24,32,41-45,47H,22-23H2,1-3H3,(H2,40,46)(H,48,49)/t32-/m0/s1. The summed E-state index contributed by atoms with van der Waals surface area (Å²) < 4.78 is 29.4. The van der Waals surface area contributed by atoms with Gasteiger partial charge < -0.3 is 47.3 Å². The number of nitrogens with one attached hydrogen (secondary N) is 5. The molecule has 0 aromatic heterocycles. The van der Waals surface area contributed by atoms with E-state index in [4.69, 9.17) is 15.6 Å². The minimum atomic E-state index is -3.27. The smallest absolute Gasteiger partial charge is 0.335 e. The van der Waals surface area contributed by atoms with Crippen LogP contribution in [0.5, 0.6) is 11.5 Å². The van der Waals surface area contributed by atoms with Crippen molar-refractivity contribution in [3.63, 3.8) is 0 Å². The Morgan fingerprint density at radius 3 is 1.70 bits per heavy atom. The van der Waals surface area contributed by atoms with Crippen LogP contribution in [0.4, 0.5) is 45.5 Å². The lowest BCUT2D eigenvalue weighted by Crippen LogP contribution is -2.33. The van der Waals surface area contributed by atoms with Crippen molar-refractivity contribution < 1.29 is 33.0 Å². The van der Waals surface area contributed by atoms with Gasteiger partial charge in [-0.1, -0.05) is 0 Å². The van der Waals surface area contributed by atoms with E-state index in [1.807, 2.05) is 62.4 Å². The van der Waals surface area contributed by atoms with Crippen LogP contribution in [0.1, 0.15) is 30.6 Å². The normalized spacial score (nSPS) is 11.7. The number of ether oxygens (including phenoxy) is 1. The van der Waals surface area contributed by atoms with Crippen molar-refractivity contribution >= 4 is 67.2 Å². The molecule has 0 aliphatic heterocycles. The number of primary amides is 1. The Morgan fingerprint density at radius 2 is 1.17 bits per heavy atom. The van der Waals surface area contributed by atoms with Crippen LogP contribution in [0, 0.1) is 0 Å². The number of aromatic hydroxyl groups is 1.